The Kier molecular flexibility index (Phi) is 5.88. The van der Waals surface area contributed by atoms with Crippen molar-refractivity contribution >= 4 is 5.78 Å². The summed E-state index contributed by atoms with van der Waals surface area (Å²) in [6.45, 7) is 12.8. The highest BCUT2D eigenvalue weighted by atomic mass is 16.1. The SMILES string of the molecule is CCCC1CCC(=O)C(CN2CCC(C(C)(C)C)CC2)C1. The summed E-state index contributed by atoms with van der Waals surface area (Å²) in [7, 11) is 0. The van der Waals surface area contributed by atoms with E-state index in [4.69, 9.17) is 0 Å². The molecule has 0 amide bonds. The van der Waals surface area contributed by atoms with Crippen LogP contribution in [-0.2, 0) is 4.79 Å². The molecule has 0 bridgehead atoms. The fourth-order valence-electron chi connectivity index (χ4n) is 4.34. The molecule has 1 aliphatic heterocycles. The molecule has 2 fully saturated rings. The third-order valence-corrected chi connectivity index (χ3v) is 5.86. The average Bonchev–Trinajstić information content (AvgIpc) is 2.42. The van der Waals surface area contributed by atoms with E-state index in [1.807, 2.05) is 0 Å². The molecule has 0 radical (unpaired) electrons. The summed E-state index contributed by atoms with van der Waals surface area (Å²) in [6.07, 6.45) is 8.35. The van der Waals surface area contributed by atoms with E-state index < -0.39 is 0 Å². The summed E-state index contributed by atoms with van der Waals surface area (Å²) >= 11 is 0. The van der Waals surface area contributed by atoms with Crippen LogP contribution in [0, 0.1) is 23.2 Å². The molecule has 1 aliphatic carbocycles. The van der Waals surface area contributed by atoms with Crippen molar-refractivity contribution in [2.75, 3.05) is 19.6 Å². The van der Waals surface area contributed by atoms with Gasteiger partial charge in [-0.15, -0.1) is 0 Å². The van der Waals surface area contributed by atoms with Crippen molar-refractivity contribution in [3.05, 3.63) is 0 Å². The van der Waals surface area contributed by atoms with E-state index >= 15 is 0 Å². The molecule has 2 rings (SSSR count). The fourth-order valence-corrected chi connectivity index (χ4v) is 4.34. The van der Waals surface area contributed by atoms with Crippen LogP contribution in [0.25, 0.3) is 0 Å². The zero-order valence-corrected chi connectivity index (χ0v) is 14.7. The first kappa shape index (κ1) is 17.0. The van der Waals surface area contributed by atoms with Crippen LogP contribution in [0.1, 0.15) is 72.6 Å². The number of nitrogens with zero attached hydrogens (tertiary/aromatic N) is 1. The minimum absolute atomic E-state index is 0.335. The lowest BCUT2D eigenvalue weighted by molar-refractivity contribution is -0.126. The number of rotatable bonds is 4. The molecule has 2 atom stereocenters. The molecule has 0 aromatic heterocycles. The Morgan fingerprint density at radius 3 is 2.38 bits per heavy atom. The van der Waals surface area contributed by atoms with Gasteiger partial charge in [0.05, 0.1) is 0 Å². The molecule has 122 valence electrons. The van der Waals surface area contributed by atoms with Gasteiger partial charge >= 0.3 is 0 Å². The Hall–Kier alpha value is -0.370. The highest BCUT2D eigenvalue weighted by molar-refractivity contribution is 5.81. The molecular formula is C19H35NO. The number of piperidine rings is 1. The second-order valence-electron chi connectivity index (χ2n) is 8.53. The summed E-state index contributed by atoms with van der Waals surface area (Å²) in [5, 5.41) is 0. The predicted octanol–water partition coefficient (Wildman–Crippen LogP) is 4.53. The number of hydrogen-bond acceptors (Lipinski definition) is 2. The van der Waals surface area contributed by atoms with Crippen molar-refractivity contribution in [1.29, 1.82) is 0 Å². The maximum atomic E-state index is 12.2. The van der Waals surface area contributed by atoms with E-state index in [0.717, 1.165) is 37.6 Å². The largest absolute Gasteiger partial charge is 0.303 e. The van der Waals surface area contributed by atoms with Crippen LogP contribution in [0.2, 0.25) is 0 Å². The van der Waals surface area contributed by atoms with Crippen molar-refractivity contribution in [1.82, 2.24) is 4.90 Å². The van der Waals surface area contributed by atoms with Gasteiger partial charge < -0.3 is 4.90 Å². The van der Waals surface area contributed by atoms with Gasteiger partial charge in [-0.1, -0.05) is 40.5 Å². The monoisotopic (exact) mass is 293 g/mol. The van der Waals surface area contributed by atoms with Crippen LogP contribution in [0.5, 0.6) is 0 Å². The minimum atomic E-state index is 0.335. The first-order valence-electron chi connectivity index (χ1n) is 9.15. The summed E-state index contributed by atoms with van der Waals surface area (Å²) in [4.78, 5) is 14.8. The number of hydrogen-bond donors (Lipinski definition) is 0. The lowest BCUT2D eigenvalue weighted by Gasteiger charge is -2.40. The Morgan fingerprint density at radius 1 is 1.14 bits per heavy atom. The van der Waals surface area contributed by atoms with Crippen molar-refractivity contribution in [2.24, 2.45) is 23.2 Å². The van der Waals surface area contributed by atoms with Gasteiger partial charge in [0.15, 0.2) is 0 Å². The Morgan fingerprint density at radius 2 is 1.81 bits per heavy atom. The lowest BCUT2D eigenvalue weighted by Crippen LogP contribution is -2.42. The van der Waals surface area contributed by atoms with Gasteiger partial charge in [-0.05, 0) is 56.0 Å². The van der Waals surface area contributed by atoms with E-state index in [1.54, 1.807) is 0 Å². The first-order valence-corrected chi connectivity index (χ1v) is 9.15. The van der Waals surface area contributed by atoms with Gasteiger partial charge in [-0.3, -0.25) is 4.79 Å². The van der Waals surface area contributed by atoms with Gasteiger partial charge in [0.1, 0.15) is 5.78 Å². The van der Waals surface area contributed by atoms with E-state index in [1.165, 1.54) is 38.8 Å². The van der Waals surface area contributed by atoms with Gasteiger partial charge in [0.2, 0.25) is 0 Å². The smallest absolute Gasteiger partial charge is 0.137 e. The summed E-state index contributed by atoms with van der Waals surface area (Å²) < 4.78 is 0. The highest BCUT2D eigenvalue weighted by Crippen LogP contribution is 2.35. The molecule has 21 heavy (non-hydrogen) atoms. The number of carbonyl (C=O) groups excluding carboxylic acids is 1. The molecule has 2 heteroatoms. The topological polar surface area (TPSA) is 20.3 Å². The third kappa shape index (κ3) is 4.81. The Labute approximate surface area is 131 Å². The maximum Gasteiger partial charge on any atom is 0.137 e. The van der Waals surface area contributed by atoms with E-state index in [0.29, 0.717) is 17.1 Å². The van der Waals surface area contributed by atoms with E-state index in [9.17, 15) is 4.79 Å². The molecular weight excluding hydrogens is 258 g/mol. The zero-order valence-electron chi connectivity index (χ0n) is 14.7. The Balaban J connectivity index is 1.80. The number of Topliss-reactive ketones (excluding diaryl/α,β-unsaturated/α-hetero) is 1. The van der Waals surface area contributed by atoms with Crippen LogP contribution in [-0.4, -0.2) is 30.3 Å². The molecule has 0 spiro atoms. The molecule has 1 heterocycles. The second-order valence-corrected chi connectivity index (χ2v) is 8.53. The number of carbonyl (C=O) groups is 1. The third-order valence-electron chi connectivity index (χ3n) is 5.86. The molecule has 0 N–H and O–H groups in total. The number of ketones is 1. The molecule has 0 aromatic carbocycles. The highest BCUT2D eigenvalue weighted by Gasteiger charge is 2.33. The molecule has 2 aliphatic rings. The normalized spacial score (nSPS) is 29.8. The quantitative estimate of drug-likeness (QED) is 0.759. The van der Waals surface area contributed by atoms with Crippen LogP contribution < -0.4 is 0 Å². The number of likely N-dealkylation sites (tertiary alicyclic amines) is 1. The summed E-state index contributed by atoms with van der Waals surface area (Å²) in [6, 6.07) is 0. The van der Waals surface area contributed by atoms with Crippen LogP contribution in [0.15, 0.2) is 0 Å². The van der Waals surface area contributed by atoms with Gasteiger partial charge in [0.25, 0.3) is 0 Å². The molecule has 1 saturated heterocycles. The standard InChI is InChI=1S/C19H35NO/c1-5-6-15-7-8-18(21)16(13-15)14-20-11-9-17(10-12-20)19(2,3)4/h15-17H,5-14H2,1-4H3. The van der Waals surface area contributed by atoms with Crippen molar-refractivity contribution < 1.29 is 4.79 Å². The molecule has 1 saturated carbocycles. The first-order chi connectivity index (χ1) is 9.90. The van der Waals surface area contributed by atoms with Crippen LogP contribution in [0.4, 0.5) is 0 Å². The van der Waals surface area contributed by atoms with Crippen molar-refractivity contribution in [3.63, 3.8) is 0 Å². The summed E-state index contributed by atoms with van der Waals surface area (Å²) in [5.74, 6) is 2.54. The second kappa shape index (κ2) is 7.26. The Bertz CT molecular complexity index is 336. The maximum absolute atomic E-state index is 12.2. The predicted molar refractivity (Wildman–Crippen MR) is 89.4 cm³/mol. The molecule has 2 unspecified atom stereocenters. The zero-order chi connectivity index (χ0) is 15.5. The van der Waals surface area contributed by atoms with E-state index in [2.05, 4.69) is 32.6 Å². The molecule has 0 aromatic rings. The van der Waals surface area contributed by atoms with Crippen molar-refractivity contribution in [3.8, 4) is 0 Å². The summed E-state index contributed by atoms with van der Waals surface area (Å²) in [5.41, 5.74) is 0.443. The lowest BCUT2D eigenvalue weighted by atomic mass is 9.74. The fraction of sp³-hybridized carbons (Fsp3) is 0.947. The van der Waals surface area contributed by atoms with Gasteiger partial charge in [-0.2, -0.15) is 0 Å². The van der Waals surface area contributed by atoms with Crippen LogP contribution >= 0.6 is 0 Å². The van der Waals surface area contributed by atoms with Crippen LogP contribution in [0.3, 0.4) is 0 Å². The molecule has 2 nitrogen and oxygen atoms in total. The van der Waals surface area contributed by atoms with E-state index in [-0.39, 0.29) is 0 Å². The van der Waals surface area contributed by atoms with Gasteiger partial charge in [0, 0.05) is 18.9 Å². The average molecular weight is 293 g/mol. The van der Waals surface area contributed by atoms with Crippen molar-refractivity contribution in [2.45, 2.75) is 72.6 Å². The van der Waals surface area contributed by atoms with Gasteiger partial charge in [-0.25, -0.2) is 0 Å². The minimum Gasteiger partial charge on any atom is -0.303 e.